The van der Waals surface area contributed by atoms with Gasteiger partial charge >= 0.3 is 0 Å². The highest BCUT2D eigenvalue weighted by molar-refractivity contribution is 5.33. The Kier molecular flexibility index (Phi) is 4.86. The highest BCUT2D eigenvalue weighted by Crippen LogP contribution is 2.11. The Hall–Kier alpha value is -2.18. The van der Waals surface area contributed by atoms with E-state index in [1.807, 2.05) is 18.2 Å². The molecule has 0 bridgehead atoms. The van der Waals surface area contributed by atoms with Gasteiger partial charge < -0.3 is 5.32 Å². The average Bonchev–Trinajstić information content (AvgIpc) is 2.47. The second kappa shape index (κ2) is 6.83. The van der Waals surface area contributed by atoms with Gasteiger partial charge in [0.05, 0.1) is 11.6 Å². The first-order valence-corrected chi connectivity index (χ1v) is 6.70. The van der Waals surface area contributed by atoms with Crippen LogP contribution in [0.5, 0.6) is 0 Å². The van der Waals surface area contributed by atoms with Gasteiger partial charge in [-0.15, -0.1) is 0 Å². The van der Waals surface area contributed by atoms with Crippen molar-refractivity contribution in [1.29, 1.82) is 5.26 Å². The van der Waals surface area contributed by atoms with Crippen LogP contribution in [0.3, 0.4) is 0 Å². The Bertz CT molecular complexity index is 629. The average molecular weight is 268 g/mol. The zero-order valence-electron chi connectivity index (χ0n) is 11.5. The van der Waals surface area contributed by atoms with Crippen molar-refractivity contribution in [3.63, 3.8) is 0 Å². The zero-order chi connectivity index (χ0) is 14.4. The maximum atomic E-state index is 13.3. The highest BCUT2D eigenvalue weighted by atomic mass is 19.1. The molecule has 0 heterocycles. The van der Waals surface area contributed by atoms with E-state index in [1.54, 1.807) is 6.07 Å². The van der Waals surface area contributed by atoms with Gasteiger partial charge in [0, 0.05) is 13.1 Å². The number of nitrogens with one attached hydrogen (secondary N) is 1. The molecule has 0 atom stereocenters. The van der Waals surface area contributed by atoms with E-state index < -0.39 is 0 Å². The molecule has 0 saturated heterocycles. The van der Waals surface area contributed by atoms with Gasteiger partial charge in [0.15, 0.2) is 0 Å². The van der Waals surface area contributed by atoms with Gasteiger partial charge in [0.2, 0.25) is 0 Å². The number of aryl methyl sites for hydroxylation is 1. The van der Waals surface area contributed by atoms with Gasteiger partial charge in [-0.25, -0.2) is 4.39 Å². The van der Waals surface area contributed by atoms with E-state index in [1.165, 1.54) is 23.3 Å². The smallest absolute Gasteiger partial charge is 0.124 e. The van der Waals surface area contributed by atoms with Crippen molar-refractivity contribution in [1.82, 2.24) is 5.32 Å². The molecule has 0 saturated carbocycles. The lowest BCUT2D eigenvalue weighted by Gasteiger charge is -2.09. The zero-order valence-corrected chi connectivity index (χ0v) is 11.5. The van der Waals surface area contributed by atoms with Crippen LogP contribution in [0, 0.1) is 17.1 Å². The van der Waals surface area contributed by atoms with Crippen LogP contribution in [0.25, 0.3) is 0 Å². The maximum absolute atomic E-state index is 13.3. The van der Waals surface area contributed by atoms with Crippen LogP contribution >= 0.6 is 0 Å². The molecule has 2 aromatic rings. The summed E-state index contributed by atoms with van der Waals surface area (Å²) in [6.45, 7) is 3.41. The SMILES string of the molecule is CCc1ccccc1CNCc1cc(F)cc(C#N)c1. The highest BCUT2D eigenvalue weighted by Gasteiger charge is 2.02. The molecule has 1 N–H and O–H groups in total. The largest absolute Gasteiger partial charge is 0.309 e. The molecule has 2 rings (SSSR count). The summed E-state index contributed by atoms with van der Waals surface area (Å²) < 4.78 is 13.3. The van der Waals surface area contributed by atoms with Gasteiger partial charge in [-0.2, -0.15) is 5.26 Å². The molecule has 20 heavy (non-hydrogen) atoms. The van der Waals surface area contributed by atoms with E-state index in [4.69, 9.17) is 5.26 Å². The number of benzene rings is 2. The first-order chi connectivity index (χ1) is 9.72. The third-order valence-electron chi connectivity index (χ3n) is 3.23. The van der Waals surface area contributed by atoms with Crippen LogP contribution < -0.4 is 5.32 Å². The van der Waals surface area contributed by atoms with E-state index in [0.29, 0.717) is 12.1 Å². The minimum Gasteiger partial charge on any atom is -0.309 e. The second-order valence-electron chi connectivity index (χ2n) is 4.69. The number of hydrogen-bond acceptors (Lipinski definition) is 2. The quantitative estimate of drug-likeness (QED) is 0.900. The Morgan fingerprint density at radius 3 is 2.55 bits per heavy atom. The van der Waals surface area contributed by atoms with E-state index in [-0.39, 0.29) is 5.82 Å². The molecule has 0 aliphatic heterocycles. The summed E-state index contributed by atoms with van der Waals surface area (Å²) in [6, 6.07) is 14.6. The molecule has 0 fully saturated rings. The fourth-order valence-corrected chi connectivity index (χ4v) is 2.23. The number of halogens is 1. The summed E-state index contributed by atoms with van der Waals surface area (Å²) in [4.78, 5) is 0. The van der Waals surface area contributed by atoms with Crippen LogP contribution in [0.4, 0.5) is 4.39 Å². The number of hydrogen-bond donors (Lipinski definition) is 1. The Labute approximate surface area is 118 Å². The summed E-state index contributed by atoms with van der Waals surface area (Å²) in [5, 5.41) is 12.1. The van der Waals surface area contributed by atoms with Crippen molar-refractivity contribution >= 4 is 0 Å². The summed E-state index contributed by atoms with van der Waals surface area (Å²) >= 11 is 0. The van der Waals surface area contributed by atoms with Gasteiger partial charge in [-0.05, 0) is 41.3 Å². The summed E-state index contributed by atoms with van der Waals surface area (Å²) in [7, 11) is 0. The lowest BCUT2D eigenvalue weighted by Crippen LogP contribution is -2.14. The van der Waals surface area contributed by atoms with Crippen LogP contribution in [-0.2, 0) is 19.5 Å². The molecular formula is C17H17FN2. The van der Waals surface area contributed by atoms with Gasteiger partial charge in [0.25, 0.3) is 0 Å². The fourth-order valence-electron chi connectivity index (χ4n) is 2.23. The molecule has 3 heteroatoms. The maximum Gasteiger partial charge on any atom is 0.124 e. The molecule has 0 aliphatic rings. The van der Waals surface area contributed by atoms with Crippen molar-refractivity contribution in [3.05, 3.63) is 70.5 Å². The van der Waals surface area contributed by atoms with Gasteiger partial charge in [-0.3, -0.25) is 0 Å². The minimum atomic E-state index is -0.366. The predicted molar refractivity (Wildman–Crippen MR) is 77.5 cm³/mol. The number of rotatable bonds is 5. The third kappa shape index (κ3) is 3.66. The van der Waals surface area contributed by atoms with Crippen molar-refractivity contribution in [2.45, 2.75) is 26.4 Å². The van der Waals surface area contributed by atoms with E-state index in [9.17, 15) is 4.39 Å². The van der Waals surface area contributed by atoms with Crippen molar-refractivity contribution in [2.24, 2.45) is 0 Å². The second-order valence-corrected chi connectivity index (χ2v) is 4.69. The lowest BCUT2D eigenvalue weighted by molar-refractivity contribution is 0.619. The monoisotopic (exact) mass is 268 g/mol. The Balaban J connectivity index is 1.99. The third-order valence-corrected chi connectivity index (χ3v) is 3.23. The molecule has 0 spiro atoms. The minimum absolute atomic E-state index is 0.357. The van der Waals surface area contributed by atoms with Crippen molar-refractivity contribution in [3.8, 4) is 6.07 Å². The van der Waals surface area contributed by atoms with Crippen LogP contribution in [0.2, 0.25) is 0 Å². The summed E-state index contributed by atoms with van der Waals surface area (Å²) in [5.41, 5.74) is 3.72. The number of nitrogens with zero attached hydrogens (tertiary/aromatic N) is 1. The Morgan fingerprint density at radius 1 is 1.10 bits per heavy atom. The molecular weight excluding hydrogens is 251 g/mol. The van der Waals surface area contributed by atoms with Crippen LogP contribution in [0.1, 0.15) is 29.2 Å². The summed E-state index contributed by atoms with van der Waals surface area (Å²) in [5.74, 6) is -0.366. The van der Waals surface area contributed by atoms with E-state index >= 15 is 0 Å². The first kappa shape index (κ1) is 14.2. The molecule has 0 unspecified atom stereocenters. The predicted octanol–water partition coefficient (Wildman–Crippen LogP) is 3.55. The fraction of sp³-hybridized carbons (Fsp3) is 0.235. The summed E-state index contributed by atoms with van der Waals surface area (Å²) in [6.07, 6.45) is 0.996. The molecule has 2 nitrogen and oxygen atoms in total. The molecule has 0 amide bonds. The molecule has 0 radical (unpaired) electrons. The van der Waals surface area contributed by atoms with Crippen molar-refractivity contribution in [2.75, 3.05) is 0 Å². The van der Waals surface area contributed by atoms with Crippen LogP contribution in [-0.4, -0.2) is 0 Å². The van der Waals surface area contributed by atoms with Gasteiger partial charge in [-0.1, -0.05) is 31.2 Å². The van der Waals surface area contributed by atoms with E-state index in [0.717, 1.165) is 18.5 Å². The standard InChI is InChI=1S/C17H17FN2/c1-2-15-5-3-4-6-16(15)12-20-11-14-7-13(10-19)8-17(18)9-14/h3-9,20H,2,11-12H2,1H3. The molecule has 2 aromatic carbocycles. The Morgan fingerprint density at radius 2 is 1.85 bits per heavy atom. The number of nitriles is 1. The normalized spacial score (nSPS) is 10.2. The van der Waals surface area contributed by atoms with Gasteiger partial charge in [0.1, 0.15) is 5.82 Å². The molecule has 0 aromatic heterocycles. The van der Waals surface area contributed by atoms with Crippen LogP contribution in [0.15, 0.2) is 42.5 Å². The molecule has 102 valence electrons. The topological polar surface area (TPSA) is 35.8 Å². The first-order valence-electron chi connectivity index (χ1n) is 6.70. The van der Waals surface area contributed by atoms with E-state index in [2.05, 4.69) is 24.4 Å². The molecule has 0 aliphatic carbocycles. The van der Waals surface area contributed by atoms with Crippen molar-refractivity contribution < 1.29 is 4.39 Å². The lowest BCUT2D eigenvalue weighted by atomic mass is 10.1.